The fraction of sp³-hybridized carbons (Fsp3) is 0.632. The maximum Gasteiger partial charge on any atom is 0.344 e. The van der Waals surface area contributed by atoms with Crippen LogP contribution in [-0.2, 0) is 9.53 Å². The Morgan fingerprint density at radius 2 is 1.92 bits per heavy atom. The first-order valence-electron chi connectivity index (χ1n) is 8.68. The van der Waals surface area contributed by atoms with Crippen molar-refractivity contribution in [1.82, 2.24) is 0 Å². The predicted molar refractivity (Wildman–Crippen MR) is 101 cm³/mol. The van der Waals surface area contributed by atoms with Gasteiger partial charge in [0.1, 0.15) is 5.75 Å². The second kappa shape index (κ2) is 7.17. The molecule has 0 unspecified atom stereocenters. The number of hydrogen-bond acceptors (Lipinski definition) is 3. The number of carbonyl (C=O) groups excluding carboxylic acids is 1. The fourth-order valence-corrected chi connectivity index (χ4v) is 5.16. The van der Waals surface area contributed by atoms with Crippen molar-refractivity contribution in [3.8, 4) is 5.75 Å². The van der Waals surface area contributed by atoms with Crippen LogP contribution in [0.2, 0.25) is 15.1 Å². The van der Waals surface area contributed by atoms with Gasteiger partial charge in [0.2, 0.25) is 0 Å². The van der Waals surface area contributed by atoms with E-state index >= 15 is 0 Å². The minimum absolute atomic E-state index is 0.198. The molecule has 4 rings (SSSR count). The molecule has 3 saturated carbocycles. The molecule has 0 heterocycles. The molecule has 0 aliphatic heterocycles. The molecule has 0 N–H and O–H groups in total. The number of benzene rings is 1. The summed E-state index contributed by atoms with van der Waals surface area (Å²) in [4.78, 5) is 12.0. The van der Waals surface area contributed by atoms with E-state index in [4.69, 9.17) is 44.3 Å². The van der Waals surface area contributed by atoms with Crippen molar-refractivity contribution in [2.75, 3.05) is 13.2 Å². The summed E-state index contributed by atoms with van der Waals surface area (Å²) in [6, 6.07) is 2.99. The molecule has 0 aromatic heterocycles. The second-order valence-electron chi connectivity index (χ2n) is 7.75. The summed E-state index contributed by atoms with van der Waals surface area (Å²) >= 11 is 17.8. The molecule has 0 amide bonds. The van der Waals surface area contributed by atoms with Gasteiger partial charge in [-0.1, -0.05) is 55.1 Å². The Morgan fingerprint density at radius 3 is 2.60 bits per heavy atom. The average Bonchev–Trinajstić information content (AvgIpc) is 2.57. The van der Waals surface area contributed by atoms with E-state index in [2.05, 4.69) is 13.8 Å². The highest BCUT2D eigenvalue weighted by Crippen LogP contribution is 2.69. The van der Waals surface area contributed by atoms with Gasteiger partial charge >= 0.3 is 5.97 Å². The Balaban J connectivity index is 1.46. The molecule has 0 saturated heterocycles. The molecule has 0 spiro atoms. The molecule has 0 radical (unpaired) electrons. The van der Waals surface area contributed by atoms with Crippen molar-refractivity contribution in [2.24, 2.45) is 16.7 Å². The highest BCUT2D eigenvalue weighted by molar-refractivity contribution is 6.43. The standard InChI is InChI=1S/C19H23Cl3O3/c1-18(2)12-4-3-5-19(18,10-12)6-7-24-17(23)11-25-16-9-14(21)13(20)8-15(16)22/h8-9,12H,3-7,10-11H2,1-2H3/t12-,19-/m0/s1. The Morgan fingerprint density at radius 1 is 1.20 bits per heavy atom. The number of hydrogen-bond donors (Lipinski definition) is 0. The van der Waals surface area contributed by atoms with Gasteiger partial charge in [0.15, 0.2) is 6.61 Å². The van der Waals surface area contributed by atoms with E-state index in [1.165, 1.54) is 37.8 Å². The summed E-state index contributed by atoms with van der Waals surface area (Å²) in [6.07, 6.45) is 6.07. The lowest BCUT2D eigenvalue weighted by Crippen LogP contribution is -2.58. The van der Waals surface area contributed by atoms with E-state index in [1.54, 1.807) is 0 Å². The van der Waals surface area contributed by atoms with E-state index in [0.29, 0.717) is 38.3 Å². The first-order chi connectivity index (χ1) is 11.7. The largest absolute Gasteiger partial charge is 0.480 e. The molecule has 1 aromatic rings. The van der Waals surface area contributed by atoms with Crippen molar-refractivity contribution in [3.05, 3.63) is 27.2 Å². The third-order valence-corrected chi connectivity index (χ3v) is 7.41. The van der Waals surface area contributed by atoms with Gasteiger partial charge in [-0.3, -0.25) is 0 Å². The summed E-state index contributed by atoms with van der Waals surface area (Å²) < 4.78 is 10.8. The van der Waals surface area contributed by atoms with E-state index in [-0.39, 0.29) is 6.61 Å². The quantitative estimate of drug-likeness (QED) is 0.419. The molecular weight excluding hydrogens is 383 g/mol. The second-order valence-corrected chi connectivity index (χ2v) is 8.97. The lowest BCUT2D eigenvalue weighted by Gasteiger charge is -2.66. The van der Waals surface area contributed by atoms with Crippen LogP contribution in [0.15, 0.2) is 12.1 Å². The Labute approximate surface area is 163 Å². The molecular formula is C19H23Cl3O3. The zero-order valence-corrected chi connectivity index (χ0v) is 16.8. The summed E-state index contributed by atoms with van der Waals surface area (Å²) in [6.45, 7) is 4.96. The Bertz CT molecular complexity index is 670. The van der Waals surface area contributed by atoms with Crippen molar-refractivity contribution >= 4 is 40.8 Å². The number of esters is 1. The van der Waals surface area contributed by atoms with E-state index < -0.39 is 5.97 Å². The van der Waals surface area contributed by atoms with Crippen LogP contribution in [0.5, 0.6) is 5.75 Å². The maximum absolute atomic E-state index is 12.0. The summed E-state index contributed by atoms with van der Waals surface area (Å²) in [5, 5.41) is 0.980. The predicted octanol–water partition coefficient (Wildman–Crippen LogP) is 6.18. The topological polar surface area (TPSA) is 35.5 Å². The first kappa shape index (κ1) is 19.1. The van der Waals surface area contributed by atoms with Gasteiger partial charge in [-0.05, 0) is 48.5 Å². The minimum Gasteiger partial charge on any atom is -0.480 e. The molecule has 1 aromatic carbocycles. The molecule has 2 bridgehead atoms. The Hall–Kier alpha value is -0.640. The van der Waals surface area contributed by atoms with Gasteiger partial charge in [-0.15, -0.1) is 0 Å². The molecule has 6 heteroatoms. The molecule has 3 aliphatic rings. The number of carbonyl (C=O) groups is 1. The van der Waals surface area contributed by atoms with Gasteiger partial charge in [0.25, 0.3) is 0 Å². The minimum atomic E-state index is -0.400. The highest BCUT2D eigenvalue weighted by Gasteiger charge is 2.60. The lowest BCUT2D eigenvalue weighted by atomic mass is 9.39. The van der Waals surface area contributed by atoms with Crippen molar-refractivity contribution in [1.29, 1.82) is 0 Å². The van der Waals surface area contributed by atoms with E-state index in [9.17, 15) is 4.79 Å². The monoisotopic (exact) mass is 404 g/mol. The van der Waals surface area contributed by atoms with Crippen LogP contribution in [0.1, 0.15) is 46.0 Å². The summed E-state index contributed by atoms with van der Waals surface area (Å²) in [5.41, 5.74) is 0.700. The molecule has 3 fully saturated rings. The third-order valence-electron chi connectivity index (χ3n) is 6.40. The third kappa shape index (κ3) is 3.61. The molecule has 138 valence electrons. The van der Waals surface area contributed by atoms with Crippen molar-refractivity contribution in [3.63, 3.8) is 0 Å². The van der Waals surface area contributed by atoms with Crippen molar-refractivity contribution < 1.29 is 14.3 Å². The lowest BCUT2D eigenvalue weighted by molar-refractivity contribution is -0.176. The highest BCUT2D eigenvalue weighted by atomic mass is 35.5. The Kier molecular flexibility index (Phi) is 5.49. The van der Waals surface area contributed by atoms with E-state index in [0.717, 1.165) is 12.3 Å². The zero-order valence-electron chi connectivity index (χ0n) is 14.5. The summed E-state index contributed by atoms with van der Waals surface area (Å²) in [7, 11) is 0. The van der Waals surface area contributed by atoms with Crippen LogP contribution in [0.25, 0.3) is 0 Å². The molecule has 3 aliphatic carbocycles. The average molecular weight is 406 g/mol. The van der Waals surface area contributed by atoms with Crippen LogP contribution in [0, 0.1) is 16.7 Å². The number of ether oxygens (including phenoxy) is 2. The van der Waals surface area contributed by atoms with Crippen LogP contribution < -0.4 is 4.74 Å². The van der Waals surface area contributed by atoms with Crippen LogP contribution in [-0.4, -0.2) is 19.2 Å². The maximum atomic E-state index is 12.0. The zero-order chi connectivity index (χ0) is 18.2. The SMILES string of the molecule is CC1(C)[C@H]2CCC[C@]1(CCOC(=O)COc1cc(Cl)c(Cl)cc1Cl)C2. The van der Waals surface area contributed by atoms with Gasteiger partial charge in [0, 0.05) is 6.07 Å². The van der Waals surface area contributed by atoms with E-state index in [1.807, 2.05) is 0 Å². The van der Waals surface area contributed by atoms with Crippen LogP contribution >= 0.6 is 34.8 Å². The first-order valence-corrected chi connectivity index (χ1v) is 9.81. The van der Waals surface area contributed by atoms with Gasteiger partial charge < -0.3 is 9.47 Å². The smallest absolute Gasteiger partial charge is 0.344 e. The number of halogens is 3. The number of fused-ring (bicyclic) bond motifs is 2. The normalized spacial score (nSPS) is 26.7. The van der Waals surface area contributed by atoms with Crippen LogP contribution in [0.3, 0.4) is 0 Å². The fourth-order valence-electron chi connectivity index (χ4n) is 4.57. The van der Waals surface area contributed by atoms with Gasteiger partial charge in [0.05, 0.1) is 21.7 Å². The molecule has 3 nitrogen and oxygen atoms in total. The number of rotatable bonds is 6. The molecule has 2 atom stereocenters. The van der Waals surface area contributed by atoms with Crippen LogP contribution in [0.4, 0.5) is 0 Å². The summed E-state index contributed by atoms with van der Waals surface area (Å²) in [5.74, 6) is 0.752. The van der Waals surface area contributed by atoms with Gasteiger partial charge in [-0.25, -0.2) is 4.79 Å². The molecule has 25 heavy (non-hydrogen) atoms. The van der Waals surface area contributed by atoms with Crippen molar-refractivity contribution in [2.45, 2.75) is 46.0 Å². The van der Waals surface area contributed by atoms with Gasteiger partial charge in [-0.2, -0.15) is 0 Å².